The van der Waals surface area contributed by atoms with Gasteiger partial charge in [0.1, 0.15) is 59.6 Å². The molecule has 0 spiro atoms. The molecule has 0 atom stereocenters. The maximum atomic E-state index is 11.9. The molecule has 0 saturated heterocycles. The number of carbonyl (C=O) groups is 9. The molecule has 0 unspecified atom stereocenters. The number of benzene rings is 6. The number of halogens is 18. The van der Waals surface area contributed by atoms with Crippen LogP contribution in [0.2, 0.25) is 0 Å². The summed E-state index contributed by atoms with van der Waals surface area (Å²) in [5, 5.41) is 91.9. The number of aliphatic carboxylic acids is 7. The van der Waals surface area contributed by atoms with E-state index in [0.29, 0.717) is 42.7 Å². The normalized spacial score (nSPS) is 10.9. The van der Waals surface area contributed by atoms with Gasteiger partial charge in [0.05, 0.1) is 26.6 Å². The van der Waals surface area contributed by atoms with Crippen LogP contribution in [-0.4, -0.2) is 221 Å². The molecule has 722 valence electrons. The van der Waals surface area contributed by atoms with Crippen molar-refractivity contribution in [3.05, 3.63) is 183 Å². The van der Waals surface area contributed by atoms with E-state index >= 15 is 0 Å². The summed E-state index contributed by atoms with van der Waals surface area (Å²) < 4.78 is 227. The highest BCUT2D eigenvalue weighted by atomic mass is 32.1. The third-order valence-corrected chi connectivity index (χ3v) is 19.0. The molecule has 0 radical (unpaired) electrons. The maximum Gasteiger partial charge on any atom is 0.490 e. The van der Waals surface area contributed by atoms with Crippen LogP contribution in [0, 0.1) is 21.6 Å². The number of aromatic nitrogens is 1. The van der Waals surface area contributed by atoms with Gasteiger partial charge in [0.15, 0.2) is 24.7 Å². The summed E-state index contributed by atoms with van der Waals surface area (Å²) in [7, 11) is 5.31. The first-order valence-electron chi connectivity index (χ1n) is 35.3. The zero-order valence-electron chi connectivity index (χ0n) is 67.6. The molecule has 1 amide bonds. The molecule has 56 heteroatoms. The lowest BCUT2D eigenvalue weighted by Crippen LogP contribution is -2.30. The molecule has 34 nitrogen and oxygen atoms in total. The Morgan fingerprint density at radius 2 is 0.850 bits per heavy atom. The monoisotopic (exact) mass is 1990 g/mol. The van der Waals surface area contributed by atoms with E-state index in [9.17, 15) is 93.4 Å². The van der Waals surface area contributed by atoms with Crippen molar-refractivity contribution in [2.24, 2.45) is 28.7 Å². The summed E-state index contributed by atoms with van der Waals surface area (Å²) in [6.45, 7) is 2.34. The van der Waals surface area contributed by atoms with E-state index in [-0.39, 0.29) is 54.8 Å². The van der Waals surface area contributed by atoms with Gasteiger partial charge in [-0.2, -0.15) is 79.0 Å². The first-order valence-corrected chi connectivity index (χ1v) is 38.6. The lowest BCUT2D eigenvalue weighted by molar-refractivity contribution is -0.193. The van der Waals surface area contributed by atoms with Crippen LogP contribution in [0.3, 0.4) is 0 Å². The van der Waals surface area contributed by atoms with E-state index in [0.717, 1.165) is 101 Å². The fraction of sp³-hybridized carbons (Fsp3) is 0.221. The molecule has 133 heavy (non-hydrogen) atoms. The van der Waals surface area contributed by atoms with Gasteiger partial charge in [0.25, 0.3) is 5.91 Å². The van der Waals surface area contributed by atoms with Gasteiger partial charge in [-0.25, -0.2) is 38.4 Å². The Labute approximate surface area is 749 Å². The van der Waals surface area contributed by atoms with Crippen molar-refractivity contribution in [1.82, 2.24) is 15.4 Å². The number of fused-ring (bicyclic) bond motifs is 4. The molecule has 11 aromatic rings. The number of nitrogens with two attached hydrogens (primary N) is 5. The minimum absolute atomic E-state index is 0.0449. The number of carboxylic acids is 7. The number of alkyl halides is 18. The first-order chi connectivity index (χ1) is 61.4. The number of ether oxygens (including phenoxy) is 5. The second-order valence-corrected chi connectivity index (χ2v) is 29.2. The standard InChI is InChI=1S/C20H22N4O2S.C17H14N2O3S.C15H13N3O4S.C13H17N3OS.6C2HF3O2/c21-8-3-9-24-19(25)12-26-16-5-2-1-4-15(16)13-6-7-17-14(10-13)11-18(27-17)20(22)23;18-17(19)15-8-12-6-11(4-5-14(12)23-15)10-2-1-3-13(7-10)22-9-16(20)21;1-20-15(19)11-5-10(22-18-11)7-21-9-3-2-8-4-13(14(16)17)23-12(8)6-9;1-16(2)6-7-17-10-4-3-5-11-9(10)8-12(18-11)13(14)15;6*3-2(4,5)1(6)7/h1-2,4-7,10-11H,3,8-9,12,21H2,(H3,22,23)(H,24,25);1-8H,9H2,(H3,18,19)(H,20,21);2-6H,7H2,1H3,(H3,16,17);3-5,8H,6-7H2,1-2H3,(H3,14,15);6*(H,6,7). The molecule has 0 saturated carbocycles. The SMILES string of the molecule is CN(C)CCOc1cccc2sc(C(=N)N)cc12.COC(=O)c1cc(COc2ccc3cc(C(=N)N)sc3c2)on1.N=C(N)c1cc2cc(-c3cccc(OCC(=O)O)c3)ccc2s1.N=C(N)c1cc2cc(-c3ccccc3OCC(=O)NCCCN)ccc2s1.O=C(O)C(F)(F)F.O=C(O)C(F)(F)F.O=C(O)C(F)(F)F.O=C(O)C(F)(F)F.O=C(O)C(F)(F)F.O=C(O)C(F)(F)F. The molecular weight excluding hydrogens is 1920 g/mol. The molecule has 5 heterocycles. The highest BCUT2D eigenvalue weighted by Crippen LogP contribution is 2.37. The average Bonchev–Trinajstić information content (AvgIpc) is 1.69. The second kappa shape index (κ2) is 52.3. The average molecular weight is 1990 g/mol. The van der Waals surface area contributed by atoms with Crippen molar-refractivity contribution >= 4 is 163 Å². The molecule has 5 aromatic heterocycles. The predicted molar refractivity (Wildman–Crippen MR) is 446 cm³/mol. The van der Waals surface area contributed by atoms with Gasteiger partial charge in [-0.3, -0.25) is 26.4 Å². The van der Waals surface area contributed by atoms with E-state index in [4.69, 9.17) is 138 Å². The van der Waals surface area contributed by atoms with E-state index < -0.39 is 84.8 Å². The number of hydrogen-bond donors (Lipinski definition) is 17. The number of para-hydroxylation sites is 1. The molecular formula is C77H72F18N12O22S4. The number of esters is 1. The van der Waals surface area contributed by atoms with Gasteiger partial charge in [0, 0.05) is 48.9 Å². The quantitative estimate of drug-likeness (QED) is 0.00929. The van der Waals surface area contributed by atoms with Gasteiger partial charge in [-0.1, -0.05) is 53.7 Å². The van der Waals surface area contributed by atoms with Crippen LogP contribution in [0.1, 0.15) is 42.2 Å². The smallest absolute Gasteiger partial charge is 0.490 e. The fourth-order valence-corrected chi connectivity index (χ4v) is 12.3. The molecule has 6 aromatic carbocycles. The number of nitrogen functional groups attached to an aromatic ring is 4. The minimum Gasteiger partial charge on any atom is -0.492 e. The van der Waals surface area contributed by atoms with E-state index in [2.05, 4.69) is 20.1 Å². The Hall–Kier alpha value is -14.7. The third-order valence-electron chi connectivity index (χ3n) is 14.5. The Morgan fingerprint density at radius 1 is 0.436 bits per heavy atom. The van der Waals surface area contributed by atoms with Crippen LogP contribution in [0.4, 0.5) is 79.0 Å². The zero-order valence-corrected chi connectivity index (χ0v) is 70.8. The number of amides is 1. The van der Waals surface area contributed by atoms with Crippen LogP contribution >= 0.6 is 45.3 Å². The number of amidine groups is 4. The van der Waals surface area contributed by atoms with Crippen molar-refractivity contribution in [2.75, 3.05) is 60.7 Å². The molecule has 0 aliphatic carbocycles. The van der Waals surface area contributed by atoms with Crippen molar-refractivity contribution < 1.29 is 186 Å². The Balaban J connectivity index is 0.000000527. The van der Waals surface area contributed by atoms with Gasteiger partial charge in [-0.05, 0) is 157 Å². The summed E-state index contributed by atoms with van der Waals surface area (Å²) in [6.07, 6.45) is -29.8. The molecule has 0 bridgehead atoms. The summed E-state index contributed by atoms with van der Waals surface area (Å²) in [4.78, 5) is 92.2. The largest absolute Gasteiger partial charge is 0.492 e. The summed E-state index contributed by atoms with van der Waals surface area (Å²) in [6, 6.07) is 47.6. The highest BCUT2D eigenvalue weighted by Gasteiger charge is 2.41. The van der Waals surface area contributed by atoms with Crippen LogP contribution in [0.15, 0.2) is 156 Å². The molecule has 0 fully saturated rings. The predicted octanol–water partition coefficient (Wildman–Crippen LogP) is 14.5. The number of nitrogens with one attached hydrogen (secondary N) is 5. The second-order valence-electron chi connectivity index (χ2n) is 24.9. The number of carbonyl (C=O) groups excluding carboxylic acids is 2. The van der Waals surface area contributed by atoms with Crippen molar-refractivity contribution in [3.8, 4) is 45.3 Å². The van der Waals surface area contributed by atoms with Gasteiger partial charge in [-0.15, -0.1) is 45.3 Å². The number of nitrogens with zero attached hydrogens (tertiary/aromatic N) is 2. The first kappa shape index (κ1) is 114. The lowest BCUT2D eigenvalue weighted by atomic mass is 10.0. The van der Waals surface area contributed by atoms with Crippen LogP contribution < -0.4 is 52.9 Å². The Kier molecular flexibility index (Phi) is 44.9. The maximum absolute atomic E-state index is 11.9. The van der Waals surface area contributed by atoms with E-state index in [1.54, 1.807) is 6.07 Å². The summed E-state index contributed by atoms with van der Waals surface area (Å²) >= 11 is 5.92. The van der Waals surface area contributed by atoms with Gasteiger partial charge < -0.3 is 103 Å². The van der Waals surface area contributed by atoms with Gasteiger partial charge >= 0.3 is 84.8 Å². The van der Waals surface area contributed by atoms with E-state index in [1.807, 2.05) is 154 Å². The number of methoxy groups -OCH3 is 1. The van der Waals surface area contributed by atoms with Gasteiger partial charge in [0.2, 0.25) is 0 Å². The van der Waals surface area contributed by atoms with Crippen molar-refractivity contribution in [2.45, 2.75) is 50.1 Å². The van der Waals surface area contributed by atoms with Crippen LogP contribution in [-0.2, 0) is 49.7 Å². The Morgan fingerprint density at radius 3 is 1.30 bits per heavy atom. The van der Waals surface area contributed by atoms with Crippen molar-refractivity contribution in [1.29, 1.82) is 21.6 Å². The number of hydrogen-bond acceptors (Lipinski definition) is 26. The third kappa shape index (κ3) is 42.2. The molecule has 22 N–H and O–H groups in total. The highest BCUT2D eigenvalue weighted by molar-refractivity contribution is 7.22. The minimum atomic E-state index is -5.08. The molecule has 0 aliphatic heterocycles. The topological polar surface area (TPSA) is 608 Å². The zero-order chi connectivity index (χ0) is 102. The summed E-state index contributed by atoms with van der Waals surface area (Å²) in [5.41, 5.74) is 31.5. The van der Waals surface area contributed by atoms with E-state index in [1.165, 1.54) is 58.5 Å². The van der Waals surface area contributed by atoms with Crippen LogP contribution in [0.5, 0.6) is 23.0 Å². The fourth-order valence-electron chi connectivity index (χ4n) is 8.57. The number of thiophene rings is 4. The number of likely N-dealkylation sites (N-methyl/N-ethyl adjacent to an activating group) is 1. The molecule has 11 rings (SSSR count). The van der Waals surface area contributed by atoms with Crippen LogP contribution in [0.25, 0.3) is 62.6 Å². The van der Waals surface area contributed by atoms with Crippen molar-refractivity contribution in [3.63, 3.8) is 0 Å². The Bertz CT molecular complexity index is 5670. The summed E-state index contributed by atoms with van der Waals surface area (Å²) in [5.74, 6) is -14.9. The molecule has 0 aliphatic rings. The number of rotatable bonds is 23. The lowest BCUT2D eigenvalue weighted by Gasteiger charge is -2.12. The number of carboxylic acid groups (broad SMARTS) is 7.